The van der Waals surface area contributed by atoms with Gasteiger partial charge in [0.1, 0.15) is 12.3 Å². The number of nitrogens with zero attached hydrogens (tertiary/aromatic N) is 4. The standard InChI is InChI=1S/C28H43FN8O4/c1-5-21(38)35-10-11-36(16(4)14-35)26-17-13-18(29)23-25-31-20(41-34-25)7-6-12-40-19-8-9-30-22(15(2)3)24(19)37(27(17)32-23)28(39)33-26/h5-6,12,15-19,22-27,30,32,34H,1,7-11,13-14H2,2-4H3,(H,33,39)/t16-,17?,18?,19?,22?,23?,24?,25?,26?,27?/m0/s1. The first-order valence-corrected chi connectivity index (χ1v) is 15.0. The molecule has 4 saturated heterocycles. The molecule has 9 unspecified atom stereocenters. The summed E-state index contributed by atoms with van der Waals surface area (Å²) in [6.07, 6.45) is 3.32. The first-order chi connectivity index (χ1) is 19.8. The van der Waals surface area contributed by atoms with Gasteiger partial charge < -0.3 is 30.0 Å². The molecule has 6 rings (SSSR count). The number of amides is 3. The van der Waals surface area contributed by atoms with Gasteiger partial charge in [0.15, 0.2) is 6.17 Å². The van der Waals surface area contributed by atoms with E-state index in [4.69, 9.17) is 9.57 Å². The number of halogens is 1. The number of hydroxylamine groups is 1. The normalized spacial score (nSPS) is 41.1. The molecule has 13 heteroatoms. The topological polar surface area (TPSA) is 123 Å². The quantitative estimate of drug-likeness (QED) is 0.363. The van der Waals surface area contributed by atoms with Gasteiger partial charge in [-0.1, -0.05) is 20.4 Å². The van der Waals surface area contributed by atoms with Crippen molar-refractivity contribution in [3.05, 3.63) is 25.0 Å². The van der Waals surface area contributed by atoms with Gasteiger partial charge in [0.2, 0.25) is 11.8 Å². The monoisotopic (exact) mass is 574 g/mol. The Balaban J connectivity index is 1.37. The molecule has 226 valence electrons. The Kier molecular flexibility index (Phi) is 7.96. The van der Waals surface area contributed by atoms with Crippen LogP contribution >= 0.6 is 0 Å². The van der Waals surface area contributed by atoms with Crippen LogP contribution in [-0.2, 0) is 14.4 Å². The Bertz CT molecular complexity index is 1090. The molecular formula is C28H43FN8O4. The molecule has 4 N–H and O–H groups in total. The number of rotatable bonds is 3. The number of nitrogens with one attached hydrogen (secondary N) is 4. The molecule has 4 bridgehead atoms. The van der Waals surface area contributed by atoms with Gasteiger partial charge in [-0.05, 0) is 44.4 Å². The van der Waals surface area contributed by atoms with Crippen LogP contribution in [0.5, 0.6) is 0 Å². The van der Waals surface area contributed by atoms with E-state index in [9.17, 15) is 9.59 Å². The van der Waals surface area contributed by atoms with Crippen molar-refractivity contribution in [3.8, 4) is 0 Å². The van der Waals surface area contributed by atoms with E-state index >= 15 is 4.39 Å². The number of alkyl halides is 1. The Morgan fingerprint density at radius 3 is 2.88 bits per heavy atom. The van der Waals surface area contributed by atoms with E-state index < -0.39 is 30.7 Å². The van der Waals surface area contributed by atoms with E-state index in [0.717, 1.165) is 13.0 Å². The fourth-order valence-corrected chi connectivity index (χ4v) is 7.57. The largest absolute Gasteiger partial charge is 0.496 e. The number of fused-ring (bicyclic) bond motifs is 5. The van der Waals surface area contributed by atoms with Crippen LogP contribution < -0.4 is 21.4 Å². The average molecular weight is 575 g/mol. The van der Waals surface area contributed by atoms with Crippen molar-refractivity contribution >= 4 is 17.8 Å². The molecule has 6 heterocycles. The molecule has 0 saturated carbocycles. The van der Waals surface area contributed by atoms with Crippen LogP contribution in [0.4, 0.5) is 9.18 Å². The van der Waals surface area contributed by atoms with E-state index in [1.165, 1.54) is 6.08 Å². The summed E-state index contributed by atoms with van der Waals surface area (Å²) in [6.45, 7) is 12.3. The lowest BCUT2D eigenvalue weighted by Crippen LogP contribution is -2.80. The van der Waals surface area contributed by atoms with Crippen molar-refractivity contribution in [2.45, 2.75) is 95.0 Å². The first-order valence-electron chi connectivity index (χ1n) is 15.0. The summed E-state index contributed by atoms with van der Waals surface area (Å²) in [7, 11) is 0. The molecule has 3 amide bonds. The van der Waals surface area contributed by atoms with E-state index in [2.05, 4.69) is 51.7 Å². The van der Waals surface area contributed by atoms with Crippen molar-refractivity contribution < 1.29 is 23.6 Å². The van der Waals surface area contributed by atoms with Gasteiger partial charge in [-0.25, -0.2) is 14.2 Å². The lowest BCUT2D eigenvalue weighted by Gasteiger charge is -2.59. The number of piperazine rings is 1. The number of carbonyl (C=O) groups is 2. The molecule has 0 radical (unpaired) electrons. The molecule has 0 aliphatic carbocycles. The predicted octanol–water partition coefficient (Wildman–Crippen LogP) is 0.647. The lowest BCUT2D eigenvalue weighted by atomic mass is 9.80. The third kappa shape index (κ3) is 5.21. The minimum atomic E-state index is -1.23. The highest BCUT2D eigenvalue weighted by Gasteiger charge is 2.56. The SMILES string of the molecule is C=CC(=O)N1CCN(C2NC(=O)N3C4NC(C(F)CC42)C2N=C(CC=COC4CCNC(C(C)C)C43)ON2)[C@@H](C)C1. The first kappa shape index (κ1) is 28.4. The minimum absolute atomic E-state index is 0.0112. The molecule has 4 fully saturated rings. The van der Waals surface area contributed by atoms with Crippen molar-refractivity contribution in [3.63, 3.8) is 0 Å². The summed E-state index contributed by atoms with van der Waals surface area (Å²) in [5.41, 5.74) is 2.89. The number of urea groups is 1. The van der Waals surface area contributed by atoms with Crippen LogP contribution in [0.15, 0.2) is 30.0 Å². The summed E-state index contributed by atoms with van der Waals surface area (Å²) in [4.78, 5) is 42.6. The molecule has 0 aromatic carbocycles. The van der Waals surface area contributed by atoms with Crippen LogP contribution in [0.2, 0.25) is 0 Å². The van der Waals surface area contributed by atoms with Crippen molar-refractivity contribution in [2.24, 2.45) is 16.8 Å². The van der Waals surface area contributed by atoms with Crippen LogP contribution in [0.25, 0.3) is 0 Å². The summed E-state index contributed by atoms with van der Waals surface area (Å²) < 4.78 is 22.4. The fraction of sp³-hybridized carbons (Fsp3) is 0.750. The third-order valence-electron chi connectivity index (χ3n) is 9.55. The second kappa shape index (κ2) is 11.5. The molecular weight excluding hydrogens is 531 g/mol. The second-order valence-corrected chi connectivity index (χ2v) is 12.4. The number of carbonyl (C=O) groups excluding carboxylic acids is 2. The van der Waals surface area contributed by atoms with Gasteiger partial charge in [-0.3, -0.25) is 15.0 Å². The minimum Gasteiger partial charge on any atom is -0.496 e. The highest BCUT2D eigenvalue weighted by molar-refractivity contribution is 5.87. The number of hydrogen-bond acceptors (Lipinski definition) is 9. The van der Waals surface area contributed by atoms with E-state index in [-0.39, 0.29) is 54.4 Å². The third-order valence-corrected chi connectivity index (χ3v) is 9.55. The van der Waals surface area contributed by atoms with E-state index in [1.54, 1.807) is 11.2 Å². The highest BCUT2D eigenvalue weighted by atomic mass is 19.1. The maximum Gasteiger partial charge on any atom is 0.320 e. The average Bonchev–Trinajstić information content (AvgIpc) is 3.43. The van der Waals surface area contributed by atoms with Crippen molar-refractivity contribution in [2.75, 3.05) is 26.2 Å². The molecule has 0 aromatic heterocycles. The Morgan fingerprint density at radius 2 is 2.12 bits per heavy atom. The van der Waals surface area contributed by atoms with Gasteiger partial charge >= 0.3 is 6.03 Å². The summed E-state index contributed by atoms with van der Waals surface area (Å²) in [6, 6.07) is -1.21. The summed E-state index contributed by atoms with van der Waals surface area (Å²) >= 11 is 0. The van der Waals surface area contributed by atoms with Crippen molar-refractivity contribution in [1.82, 2.24) is 36.1 Å². The summed E-state index contributed by atoms with van der Waals surface area (Å²) in [5.74, 6) is 0.344. The maximum absolute atomic E-state index is 16.1. The predicted molar refractivity (Wildman–Crippen MR) is 150 cm³/mol. The van der Waals surface area contributed by atoms with Crippen LogP contribution in [0, 0.1) is 11.8 Å². The number of piperidine rings is 2. The summed E-state index contributed by atoms with van der Waals surface area (Å²) in [5, 5.41) is 10.5. The van der Waals surface area contributed by atoms with Gasteiger partial charge in [-0.15, -0.1) is 5.48 Å². The van der Waals surface area contributed by atoms with Crippen LogP contribution in [0.3, 0.4) is 0 Å². The number of hydrogen-bond donors (Lipinski definition) is 4. The molecule has 12 nitrogen and oxygen atoms in total. The van der Waals surface area contributed by atoms with Crippen LogP contribution in [-0.4, -0.2) is 114 Å². The smallest absolute Gasteiger partial charge is 0.320 e. The van der Waals surface area contributed by atoms with Crippen LogP contribution in [0.1, 0.15) is 40.0 Å². The van der Waals surface area contributed by atoms with Gasteiger partial charge in [-0.2, -0.15) is 0 Å². The van der Waals surface area contributed by atoms with E-state index in [0.29, 0.717) is 32.0 Å². The zero-order valence-electron chi connectivity index (χ0n) is 24.0. The lowest BCUT2D eigenvalue weighted by molar-refractivity contribution is -0.132. The fourth-order valence-electron chi connectivity index (χ4n) is 7.57. The number of aliphatic imine (C=N–C) groups is 1. The zero-order valence-corrected chi connectivity index (χ0v) is 24.0. The van der Waals surface area contributed by atoms with Crippen molar-refractivity contribution in [1.29, 1.82) is 0 Å². The Morgan fingerprint density at radius 1 is 1.29 bits per heavy atom. The molecule has 6 aliphatic rings. The van der Waals surface area contributed by atoms with Gasteiger partial charge in [0, 0.05) is 44.1 Å². The molecule has 41 heavy (non-hydrogen) atoms. The Hall–Kier alpha value is -2.74. The second-order valence-electron chi connectivity index (χ2n) is 12.4. The highest BCUT2D eigenvalue weighted by Crippen LogP contribution is 2.38. The zero-order chi connectivity index (χ0) is 28.8. The molecule has 0 aromatic rings. The van der Waals surface area contributed by atoms with Gasteiger partial charge in [0.25, 0.3) is 0 Å². The molecule has 6 aliphatic heterocycles. The Labute approximate surface area is 240 Å². The number of ether oxygens (including phenoxy) is 1. The van der Waals surface area contributed by atoms with E-state index in [1.807, 2.05) is 17.9 Å². The molecule has 0 spiro atoms. The van der Waals surface area contributed by atoms with Gasteiger partial charge in [0.05, 0.1) is 30.7 Å². The maximum atomic E-state index is 16.1. The molecule has 10 atom stereocenters.